The SMILES string of the molecule is COc1ccc(C2CN(C(=O)Nc3ccc(C)cc3)CC2C(=O)NCc2ccccc2)c(OC)c1. The second-order valence-corrected chi connectivity index (χ2v) is 8.73. The number of likely N-dealkylation sites (tertiary alicyclic amines) is 1. The Kier molecular flexibility index (Phi) is 7.55. The van der Waals surface area contributed by atoms with Gasteiger partial charge in [-0.2, -0.15) is 0 Å². The fraction of sp³-hybridized carbons (Fsp3) is 0.286. The van der Waals surface area contributed by atoms with Crippen molar-refractivity contribution in [3.63, 3.8) is 0 Å². The van der Waals surface area contributed by atoms with E-state index in [1.165, 1.54) is 0 Å². The van der Waals surface area contributed by atoms with E-state index in [1.807, 2.05) is 79.7 Å². The Morgan fingerprint density at radius 2 is 1.69 bits per heavy atom. The molecule has 3 aromatic carbocycles. The Morgan fingerprint density at radius 1 is 0.943 bits per heavy atom. The van der Waals surface area contributed by atoms with E-state index in [2.05, 4.69) is 10.6 Å². The fourth-order valence-corrected chi connectivity index (χ4v) is 4.43. The van der Waals surface area contributed by atoms with E-state index in [-0.39, 0.29) is 17.9 Å². The van der Waals surface area contributed by atoms with E-state index in [4.69, 9.17) is 9.47 Å². The topological polar surface area (TPSA) is 79.9 Å². The predicted octanol–water partition coefficient (Wildman–Crippen LogP) is 4.58. The van der Waals surface area contributed by atoms with Crippen molar-refractivity contribution in [3.05, 3.63) is 89.5 Å². The monoisotopic (exact) mass is 473 g/mol. The third-order valence-electron chi connectivity index (χ3n) is 6.40. The van der Waals surface area contributed by atoms with Crippen LogP contribution in [0.15, 0.2) is 72.8 Å². The number of carbonyl (C=O) groups is 2. The average Bonchev–Trinajstić information content (AvgIpc) is 3.34. The summed E-state index contributed by atoms with van der Waals surface area (Å²) < 4.78 is 11.0. The molecule has 2 unspecified atom stereocenters. The Morgan fingerprint density at radius 3 is 2.37 bits per heavy atom. The molecule has 0 aromatic heterocycles. The van der Waals surface area contributed by atoms with Crippen LogP contribution in [-0.2, 0) is 11.3 Å². The van der Waals surface area contributed by atoms with Crippen molar-refractivity contribution in [1.82, 2.24) is 10.2 Å². The van der Waals surface area contributed by atoms with Gasteiger partial charge in [0.2, 0.25) is 5.91 Å². The zero-order valence-electron chi connectivity index (χ0n) is 20.3. The molecule has 3 amide bonds. The largest absolute Gasteiger partial charge is 0.497 e. The maximum absolute atomic E-state index is 13.4. The zero-order valence-corrected chi connectivity index (χ0v) is 20.3. The van der Waals surface area contributed by atoms with E-state index in [0.29, 0.717) is 31.1 Å². The minimum absolute atomic E-state index is 0.0950. The lowest BCUT2D eigenvalue weighted by Crippen LogP contribution is -2.36. The van der Waals surface area contributed by atoms with E-state index >= 15 is 0 Å². The highest BCUT2D eigenvalue weighted by molar-refractivity contribution is 5.91. The summed E-state index contributed by atoms with van der Waals surface area (Å²) in [6.45, 7) is 3.12. The molecule has 4 rings (SSSR count). The number of urea groups is 1. The van der Waals surface area contributed by atoms with Crippen LogP contribution in [0.1, 0.15) is 22.6 Å². The van der Waals surface area contributed by atoms with Gasteiger partial charge in [0.05, 0.1) is 20.1 Å². The highest BCUT2D eigenvalue weighted by atomic mass is 16.5. The van der Waals surface area contributed by atoms with Crippen LogP contribution < -0.4 is 20.1 Å². The van der Waals surface area contributed by atoms with Gasteiger partial charge in [0.15, 0.2) is 0 Å². The van der Waals surface area contributed by atoms with Gasteiger partial charge in [-0.3, -0.25) is 4.79 Å². The molecular weight excluding hydrogens is 442 g/mol. The van der Waals surface area contributed by atoms with Crippen LogP contribution in [0.2, 0.25) is 0 Å². The summed E-state index contributed by atoms with van der Waals surface area (Å²) in [5.74, 6) is 0.557. The zero-order chi connectivity index (χ0) is 24.8. The Hall–Kier alpha value is -4.00. The number of methoxy groups -OCH3 is 2. The molecule has 1 aliphatic rings. The van der Waals surface area contributed by atoms with Crippen molar-refractivity contribution < 1.29 is 19.1 Å². The molecule has 3 aromatic rings. The number of nitrogens with zero attached hydrogens (tertiary/aromatic N) is 1. The normalized spacial score (nSPS) is 17.1. The Bertz CT molecular complexity index is 1160. The highest BCUT2D eigenvalue weighted by Crippen LogP contribution is 2.39. The van der Waals surface area contributed by atoms with E-state index < -0.39 is 5.92 Å². The molecular formula is C28H31N3O4. The minimum Gasteiger partial charge on any atom is -0.497 e. The second kappa shape index (κ2) is 11.0. The summed E-state index contributed by atoms with van der Waals surface area (Å²) in [6, 6.07) is 22.8. The van der Waals surface area contributed by atoms with Crippen molar-refractivity contribution in [2.45, 2.75) is 19.4 Å². The lowest BCUT2D eigenvalue weighted by atomic mass is 9.87. The number of hydrogen-bond acceptors (Lipinski definition) is 4. The quantitative estimate of drug-likeness (QED) is 0.527. The number of aryl methyl sites for hydroxylation is 1. The third kappa shape index (κ3) is 5.74. The molecule has 0 aliphatic carbocycles. The van der Waals surface area contributed by atoms with E-state index in [1.54, 1.807) is 19.1 Å². The summed E-state index contributed by atoms with van der Waals surface area (Å²) in [5, 5.41) is 6.00. The summed E-state index contributed by atoms with van der Waals surface area (Å²) in [5.41, 5.74) is 3.73. The predicted molar refractivity (Wildman–Crippen MR) is 136 cm³/mol. The number of hydrogen-bond donors (Lipinski definition) is 2. The molecule has 2 N–H and O–H groups in total. The first-order valence-electron chi connectivity index (χ1n) is 11.6. The molecule has 1 aliphatic heterocycles. The highest BCUT2D eigenvalue weighted by Gasteiger charge is 2.41. The molecule has 1 saturated heterocycles. The molecule has 0 saturated carbocycles. The summed E-state index contributed by atoms with van der Waals surface area (Å²) in [4.78, 5) is 28.2. The number of carbonyl (C=O) groups excluding carboxylic acids is 2. The number of nitrogens with one attached hydrogen (secondary N) is 2. The van der Waals surface area contributed by atoms with Gasteiger partial charge in [-0.15, -0.1) is 0 Å². The van der Waals surface area contributed by atoms with Crippen LogP contribution in [0.3, 0.4) is 0 Å². The fourth-order valence-electron chi connectivity index (χ4n) is 4.43. The van der Waals surface area contributed by atoms with Gasteiger partial charge in [-0.05, 0) is 30.7 Å². The standard InChI is InChI=1S/C28H31N3O4/c1-19-9-11-21(12-10-19)30-28(33)31-17-24(23-14-13-22(34-2)15-26(23)35-3)25(18-31)27(32)29-16-20-7-5-4-6-8-20/h4-15,24-25H,16-18H2,1-3H3,(H,29,32)(H,30,33). The van der Waals surface area contributed by atoms with Crippen molar-refractivity contribution in [3.8, 4) is 11.5 Å². The molecule has 0 bridgehead atoms. The number of amides is 3. The van der Waals surface area contributed by atoms with Crippen molar-refractivity contribution >= 4 is 17.6 Å². The van der Waals surface area contributed by atoms with E-state index in [0.717, 1.165) is 22.4 Å². The number of benzene rings is 3. The van der Waals surface area contributed by atoms with Crippen molar-refractivity contribution in [2.75, 3.05) is 32.6 Å². The summed E-state index contributed by atoms with van der Waals surface area (Å²) in [7, 11) is 3.20. The van der Waals surface area contributed by atoms with Gasteiger partial charge < -0.3 is 25.0 Å². The molecule has 0 radical (unpaired) electrons. The van der Waals surface area contributed by atoms with Gasteiger partial charge in [-0.1, -0.05) is 54.1 Å². The molecule has 0 spiro atoms. The molecule has 182 valence electrons. The molecule has 1 heterocycles. The van der Waals surface area contributed by atoms with Crippen LogP contribution in [0, 0.1) is 12.8 Å². The first-order valence-corrected chi connectivity index (χ1v) is 11.6. The van der Waals surface area contributed by atoms with E-state index in [9.17, 15) is 9.59 Å². The van der Waals surface area contributed by atoms with Gasteiger partial charge >= 0.3 is 6.03 Å². The molecule has 2 atom stereocenters. The van der Waals surface area contributed by atoms with Gasteiger partial charge in [0.1, 0.15) is 11.5 Å². The molecule has 35 heavy (non-hydrogen) atoms. The third-order valence-corrected chi connectivity index (χ3v) is 6.40. The average molecular weight is 474 g/mol. The number of anilines is 1. The first-order chi connectivity index (χ1) is 17.0. The summed E-state index contributed by atoms with van der Waals surface area (Å²) in [6.07, 6.45) is 0. The van der Waals surface area contributed by atoms with Crippen molar-refractivity contribution in [2.24, 2.45) is 5.92 Å². The van der Waals surface area contributed by atoms with Gasteiger partial charge in [0.25, 0.3) is 0 Å². The maximum Gasteiger partial charge on any atom is 0.321 e. The molecule has 1 fully saturated rings. The Balaban J connectivity index is 1.56. The maximum atomic E-state index is 13.4. The lowest BCUT2D eigenvalue weighted by molar-refractivity contribution is -0.125. The minimum atomic E-state index is -0.426. The van der Waals surface area contributed by atoms with Gasteiger partial charge in [0, 0.05) is 42.9 Å². The Labute approximate surface area is 206 Å². The molecule has 7 heteroatoms. The summed E-state index contributed by atoms with van der Waals surface area (Å²) >= 11 is 0. The van der Waals surface area contributed by atoms with Gasteiger partial charge in [-0.25, -0.2) is 4.79 Å². The van der Waals surface area contributed by atoms with Crippen LogP contribution >= 0.6 is 0 Å². The second-order valence-electron chi connectivity index (χ2n) is 8.73. The number of rotatable bonds is 7. The van der Waals surface area contributed by atoms with Crippen LogP contribution in [0.25, 0.3) is 0 Å². The van der Waals surface area contributed by atoms with Crippen LogP contribution in [0.5, 0.6) is 11.5 Å². The molecule has 7 nitrogen and oxygen atoms in total. The van der Waals surface area contributed by atoms with Crippen LogP contribution in [0.4, 0.5) is 10.5 Å². The first kappa shape index (κ1) is 24.1. The number of ether oxygens (including phenoxy) is 2. The lowest BCUT2D eigenvalue weighted by Gasteiger charge is -2.21. The van der Waals surface area contributed by atoms with Crippen molar-refractivity contribution in [1.29, 1.82) is 0 Å². The van der Waals surface area contributed by atoms with Crippen LogP contribution in [-0.4, -0.2) is 44.1 Å². The smallest absolute Gasteiger partial charge is 0.321 e.